The van der Waals surface area contributed by atoms with E-state index in [0.717, 1.165) is 12.1 Å². The Morgan fingerprint density at radius 1 is 0.897 bits per heavy atom. The molecule has 0 fully saturated rings. The van der Waals surface area contributed by atoms with Crippen LogP contribution in [0.3, 0.4) is 0 Å². The van der Waals surface area contributed by atoms with Gasteiger partial charge in [0.2, 0.25) is 0 Å². The molecule has 0 aromatic heterocycles. The average molecular weight is 412 g/mol. The van der Waals surface area contributed by atoms with E-state index in [-0.39, 0.29) is 28.7 Å². The summed E-state index contributed by atoms with van der Waals surface area (Å²) in [4.78, 5) is 0. The molecule has 0 aliphatic rings. The fourth-order valence-electron chi connectivity index (χ4n) is 2.74. The van der Waals surface area contributed by atoms with Crippen LogP contribution in [-0.4, -0.2) is 19.4 Å². The fourth-order valence-corrected chi connectivity index (χ4v) is 2.74. The molecule has 2 nitrogen and oxygen atoms in total. The summed E-state index contributed by atoms with van der Waals surface area (Å²) in [5.41, 5.74) is 0.490. The number of benzene rings is 3. The molecule has 8 heteroatoms. The number of halogens is 6. The van der Waals surface area contributed by atoms with Gasteiger partial charge in [-0.3, -0.25) is 0 Å². The maximum Gasteiger partial charge on any atom is 0.422 e. The zero-order chi connectivity index (χ0) is 21.2. The highest BCUT2D eigenvalue weighted by Crippen LogP contribution is 2.34. The van der Waals surface area contributed by atoms with Crippen molar-refractivity contribution in [1.82, 2.24) is 0 Å². The number of alkyl halides is 3. The molecular weight excluding hydrogens is 398 g/mol. The minimum atomic E-state index is -4.74. The van der Waals surface area contributed by atoms with Crippen LogP contribution in [0.1, 0.15) is 0 Å². The molecule has 0 heterocycles. The van der Waals surface area contributed by atoms with Crippen molar-refractivity contribution < 1.29 is 35.8 Å². The van der Waals surface area contributed by atoms with Gasteiger partial charge in [0.1, 0.15) is 18.2 Å². The maximum atomic E-state index is 14.5. The number of fused-ring (bicyclic) bond motifs is 1. The highest BCUT2D eigenvalue weighted by Gasteiger charge is 2.30. The zero-order valence-electron chi connectivity index (χ0n) is 14.8. The van der Waals surface area contributed by atoms with E-state index in [2.05, 4.69) is 11.3 Å². The molecule has 0 amide bonds. The van der Waals surface area contributed by atoms with Crippen molar-refractivity contribution in [1.29, 1.82) is 0 Å². The van der Waals surface area contributed by atoms with Crippen LogP contribution in [-0.2, 0) is 0 Å². The molecule has 0 bridgehead atoms. The molecule has 3 rings (SSSR count). The number of hydrogen-bond acceptors (Lipinski definition) is 2. The van der Waals surface area contributed by atoms with Crippen LogP contribution in [0.5, 0.6) is 11.5 Å². The molecule has 0 saturated heterocycles. The Kier molecular flexibility index (Phi) is 5.72. The summed E-state index contributed by atoms with van der Waals surface area (Å²) in [6.07, 6.45) is -3.23. The number of ether oxygens (including phenoxy) is 2. The van der Waals surface area contributed by atoms with Crippen molar-refractivity contribution in [2.24, 2.45) is 0 Å². The van der Waals surface area contributed by atoms with E-state index in [1.54, 1.807) is 0 Å². The van der Waals surface area contributed by atoms with E-state index in [1.807, 2.05) is 0 Å². The van der Waals surface area contributed by atoms with Crippen LogP contribution in [0.25, 0.3) is 21.9 Å². The Morgan fingerprint density at radius 2 is 1.66 bits per heavy atom. The first-order valence-electron chi connectivity index (χ1n) is 8.34. The molecule has 3 aromatic rings. The van der Waals surface area contributed by atoms with Gasteiger partial charge < -0.3 is 9.47 Å². The second kappa shape index (κ2) is 8.06. The lowest BCUT2D eigenvalue weighted by molar-refractivity contribution is -0.154. The maximum absolute atomic E-state index is 14.5. The second-order valence-corrected chi connectivity index (χ2v) is 6.08. The van der Waals surface area contributed by atoms with Gasteiger partial charge in [0.05, 0.1) is 0 Å². The molecule has 152 valence electrons. The summed E-state index contributed by atoms with van der Waals surface area (Å²) in [6.45, 7) is 1.87. The largest absolute Gasteiger partial charge is 0.489 e. The number of hydrogen-bond donors (Lipinski definition) is 0. The lowest BCUT2D eigenvalue weighted by Crippen LogP contribution is -2.20. The minimum absolute atomic E-state index is 0.0447. The van der Waals surface area contributed by atoms with Crippen LogP contribution < -0.4 is 9.47 Å². The Balaban J connectivity index is 1.98. The monoisotopic (exact) mass is 412 g/mol. The van der Waals surface area contributed by atoms with Gasteiger partial charge in [-0.1, -0.05) is 24.8 Å². The molecule has 0 unspecified atom stereocenters. The van der Waals surface area contributed by atoms with Crippen LogP contribution in [0.15, 0.2) is 55.1 Å². The van der Waals surface area contributed by atoms with Gasteiger partial charge in [0.15, 0.2) is 24.0 Å². The highest BCUT2D eigenvalue weighted by molar-refractivity contribution is 5.89. The zero-order valence-corrected chi connectivity index (χ0v) is 14.8. The molecular formula is C21H14F6O2. The lowest BCUT2D eigenvalue weighted by Gasteiger charge is -2.13. The van der Waals surface area contributed by atoms with Crippen molar-refractivity contribution in [3.05, 3.63) is 72.6 Å². The highest BCUT2D eigenvalue weighted by atomic mass is 19.4. The predicted octanol–water partition coefficient (Wildman–Crippen LogP) is 6.43. The van der Waals surface area contributed by atoms with Gasteiger partial charge in [0.25, 0.3) is 0 Å². The Bertz CT molecular complexity index is 1060. The second-order valence-electron chi connectivity index (χ2n) is 6.08. The van der Waals surface area contributed by atoms with Crippen molar-refractivity contribution in [3.8, 4) is 22.6 Å². The molecule has 0 radical (unpaired) electrons. The Hall–Kier alpha value is -3.16. The fraction of sp³-hybridized carbons (Fsp3) is 0.143. The summed E-state index contributed by atoms with van der Waals surface area (Å²) >= 11 is 0. The van der Waals surface area contributed by atoms with E-state index in [1.165, 1.54) is 36.4 Å². The average Bonchev–Trinajstić information content (AvgIpc) is 2.65. The van der Waals surface area contributed by atoms with E-state index in [4.69, 9.17) is 4.74 Å². The molecule has 0 N–H and O–H groups in total. The van der Waals surface area contributed by atoms with Crippen LogP contribution >= 0.6 is 0 Å². The van der Waals surface area contributed by atoms with Gasteiger partial charge in [-0.2, -0.15) is 13.2 Å². The first-order chi connectivity index (χ1) is 13.7. The van der Waals surface area contributed by atoms with Crippen LogP contribution in [0.4, 0.5) is 26.3 Å². The van der Waals surface area contributed by atoms with Crippen molar-refractivity contribution in [2.75, 3.05) is 13.2 Å². The minimum Gasteiger partial charge on any atom is -0.489 e. The summed E-state index contributed by atoms with van der Waals surface area (Å²) < 4.78 is 89.3. The van der Waals surface area contributed by atoms with Gasteiger partial charge in [-0.15, -0.1) is 0 Å². The van der Waals surface area contributed by atoms with E-state index in [0.29, 0.717) is 5.56 Å². The van der Waals surface area contributed by atoms with Crippen molar-refractivity contribution >= 4 is 10.8 Å². The molecule has 0 saturated carbocycles. The number of rotatable bonds is 6. The summed E-state index contributed by atoms with van der Waals surface area (Å²) in [5.74, 6) is -3.99. The predicted molar refractivity (Wildman–Crippen MR) is 96.5 cm³/mol. The van der Waals surface area contributed by atoms with E-state index < -0.39 is 36.0 Å². The normalized spacial score (nSPS) is 11.5. The first-order valence-corrected chi connectivity index (χ1v) is 8.34. The molecule has 0 aliphatic carbocycles. The summed E-state index contributed by atoms with van der Waals surface area (Å²) in [6, 6.07) is 8.91. The van der Waals surface area contributed by atoms with Crippen molar-refractivity contribution in [2.45, 2.75) is 6.18 Å². The molecule has 29 heavy (non-hydrogen) atoms. The Morgan fingerprint density at radius 3 is 2.31 bits per heavy atom. The molecule has 0 spiro atoms. The Labute approximate surface area is 162 Å². The van der Waals surface area contributed by atoms with Gasteiger partial charge in [-0.05, 0) is 35.2 Å². The summed E-state index contributed by atoms with van der Waals surface area (Å²) in [7, 11) is 0. The summed E-state index contributed by atoms with van der Waals surface area (Å²) in [5, 5.41) is -0.109. The van der Waals surface area contributed by atoms with E-state index in [9.17, 15) is 26.3 Å². The van der Waals surface area contributed by atoms with E-state index >= 15 is 0 Å². The molecule has 0 aliphatic heterocycles. The van der Waals surface area contributed by atoms with Crippen LogP contribution in [0.2, 0.25) is 0 Å². The first kappa shape index (κ1) is 20.6. The van der Waals surface area contributed by atoms with Crippen LogP contribution in [0, 0.1) is 17.5 Å². The van der Waals surface area contributed by atoms with Crippen molar-refractivity contribution in [3.63, 3.8) is 0 Å². The SMILES string of the molecule is C=CCOc1ccc(-c2ccc3c(F)c(OCC(F)(F)F)c(F)cc3c2)c(F)c1. The van der Waals surface area contributed by atoms with Gasteiger partial charge >= 0.3 is 6.18 Å². The topological polar surface area (TPSA) is 18.5 Å². The third-order valence-corrected chi connectivity index (χ3v) is 3.99. The van der Waals surface area contributed by atoms with Gasteiger partial charge in [-0.25, -0.2) is 13.2 Å². The third kappa shape index (κ3) is 4.64. The third-order valence-electron chi connectivity index (χ3n) is 3.99. The molecule has 0 atom stereocenters. The molecule has 3 aromatic carbocycles. The lowest BCUT2D eigenvalue weighted by atomic mass is 10.00. The smallest absolute Gasteiger partial charge is 0.422 e. The quantitative estimate of drug-likeness (QED) is 0.343. The standard InChI is InChI=1S/C21H14F6O2/c1-2-7-28-14-4-6-15(17(22)10-14)12-3-5-16-13(8-12)9-18(23)20(19(16)24)29-11-21(25,26)27/h2-6,8-10H,1,7,11H2. The van der Waals surface area contributed by atoms with Gasteiger partial charge in [0, 0.05) is 17.0 Å².